The van der Waals surface area contributed by atoms with Gasteiger partial charge in [0, 0.05) is 10.7 Å². The Kier molecular flexibility index (Phi) is 5.59. The van der Waals surface area contributed by atoms with Gasteiger partial charge in [0.05, 0.1) is 6.42 Å². The monoisotopic (exact) mass is 413 g/mol. The minimum absolute atomic E-state index is 0.210. The molecule has 0 fully saturated rings. The zero-order valence-corrected chi connectivity index (χ0v) is 15.2. The Hall–Kier alpha value is -3.20. The molecule has 26 heavy (non-hydrogen) atoms. The Bertz CT molecular complexity index is 887. The van der Waals surface area contributed by atoms with Crippen molar-refractivity contribution in [2.45, 2.75) is 6.42 Å². The molecular weight excluding hydrogens is 398 g/mol. The molecule has 132 valence electrons. The van der Waals surface area contributed by atoms with Gasteiger partial charge in [0.2, 0.25) is 5.91 Å². The first-order chi connectivity index (χ1) is 12.6. The number of hydrogen-bond donors (Lipinski definition) is 4. The fraction of sp³-hybridized carbons (Fsp3) is 0.0588. The summed E-state index contributed by atoms with van der Waals surface area (Å²) < 4.78 is 0.863. The van der Waals surface area contributed by atoms with E-state index in [4.69, 9.17) is 5.73 Å². The summed E-state index contributed by atoms with van der Waals surface area (Å²) in [6.45, 7) is 0. The number of benzene rings is 1. The highest BCUT2D eigenvalue weighted by Gasteiger charge is 2.10. The summed E-state index contributed by atoms with van der Waals surface area (Å²) in [4.78, 5) is 24.4. The molecule has 0 aliphatic carbocycles. The molecule has 0 atom stereocenters. The van der Waals surface area contributed by atoms with Gasteiger partial charge >= 0.3 is 0 Å². The molecule has 3 aromatic rings. The van der Waals surface area contributed by atoms with Crippen LogP contribution in [0.5, 0.6) is 0 Å². The molecule has 0 bridgehead atoms. The van der Waals surface area contributed by atoms with Crippen molar-refractivity contribution in [1.82, 2.24) is 20.4 Å². The average molecular weight is 414 g/mol. The number of amides is 1. The number of hydrazine groups is 1. The molecule has 1 aromatic carbocycles. The summed E-state index contributed by atoms with van der Waals surface area (Å²) >= 11 is 3.32. The molecule has 0 saturated heterocycles. The Balaban J connectivity index is 1.63. The lowest BCUT2D eigenvalue weighted by molar-refractivity contribution is -0.119. The minimum atomic E-state index is -0.210. The van der Waals surface area contributed by atoms with E-state index < -0.39 is 0 Å². The van der Waals surface area contributed by atoms with E-state index in [-0.39, 0.29) is 18.0 Å². The standard InChI is InChI=1S/C17H16BrN7O/c18-12-6-7-13(20-9-12)23-16-15(19)17(22-10-21-16)25-24-14(26)8-11-4-2-1-3-5-11/h1-7,9-10H,8,19H2,(H,24,26)(H2,20,21,22,23,25). The van der Waals surface area contributed by atoms with E-state index in [0.29, 0.717) is 17.5 Å². The van der Waals surface area contributed by atoms with Crippen LogP contribution >= 0.6 is 15.9 Å². The topological polar surface area (TPSA) is 118 Å². The molecule has 5 N–H and O–H groups in total. The number of hydrogen-bond acceptors (Lipinski definition) is 7. The van der Waals surface area contributed by atoms with Gasteiger partial charge < -0.3 is 11.1 Å². The van der Waals surface area contributed by atoms with Crippen molar-refractivity contribution in [2.24, 2.45) is 0 Å². The molecular formula is C17H16BrN7O. The maximum atomic E-state index is 12.0. The first kappa shape index (κ1) is 17.6. The zero-order valence-electron chi connectivity index (χ0n) is 13.6. The molecule has 8 nitrogen and oxygen atoms in total. The second-order valence-electron chi connectivity index (χ2n) is 5.31. The highest BCUT2D eigenvalue weighted by molar-refractivity contribution is 9.10. The van der Waals surface area contributed by atoms with Crippen LogP contribution in [-0.4, -0.2) is 20.9 Å². The average Bonchev–Trinajstić information content (AvgIpc) is 2.65. The number of halogens is 1. The third-order valence-corrected chi connectivity index (χ3v) is 3.85. The van der Waals surface area contributed by atoms with E-state index in [9.17, 15) is 4.79 Å². The minimum Gasteiger partial charge on any atom is -0.393 e. The van der Waals surface area contributed by atoms with Crippen molar-refractivity contribution >= 4 is 45.0 Å². The molecule has 0 aliphatic rings. The van der Waals surface area contributed by atoms with E-state index in [2.05, 4.69) is 47.1 Å². The van der Waals surface area contributed by atoms with E-state index in [1.165, 1.54) is 6.33 Å². The smallest absolute Gasteiger partial charge is 0.242 e. The van der Waals surface area contributed by atoms with Crippen molar-refractivity contribution in [3.63, 3.8) is 0 Å². The summed E-state index contributed by atoms with van der Waals surface area (Å²) in [6, 6.07) is 13.0. The maximum absolute atomic E-state index is 12.0. The van der Waals surface area contributed by atoms with Gasteiger partial charge in [-0.3, -0.25) is 15.6 Å². The summed E-state index contributed by atoms with van der Waals surface area (Å²) in [5.41, 5.74) is 12.5. The number of nitrogens with one attached hydrogen (secondary N) is 3. The highest BCUT2D eigenvalue weighted by atomic mass is 79.9. The lowest BCUT2D eigenvalue weighted by Gasteiger charge is -2.13. The number of pyridine rings is 1. The van der Waals surface area contributed by atoms with Crippen LogP contribution in [0.3, 0.4) is 0 Å². The Labute approximate surface area is 158 Å². The summed E-state index contributed by atoms with van der Waals surface area (Å²) in [7, 11) is 0. The van der Waals surface area contributed by atoms with Gasteiger partial charge in [-0.25, -0.2) is 15.0 Å². The highest BCUT2D eigenvalue weighted by Crippen LogP contribution is 2.24. The first-order valence-electron chi connectivity index (χ1n) is 7.69. The zero-order chi connectivity index (χ0) is 18.4. The van der Waals surface area contributed by atoms with Crippen molar-refractivity contribution in [1.29, 1.82) is 0 Å². The van der Waals surface area contributed by atoms with Crippen molar-refractivity contribution in [3.05, 3.63) is 65.0 Å². The number of anilines is 4. The Morgan fingerprint density at radius 1 is 1.04 bits per heavy atom. The molecule has 1 amide bonds. The van der Waals surface area contributed by atoms with Gasteiger partial charge in [0.15, 0.2) is 11.6 Å². The van der Waals surface area contributed by atoms with Crippen LogP contribution in [0, 0.1) is 0 Å². The summed E-state index contributed by atoms with van der Waals surface area (Å²) in [5.74, 6) is 1.05. The Morgan fingerprint density at radius 3 is 2.54 bits per heavy atom. The quantitative estimate of drug-likeness (QED) is 0.458. The molecule has 0 unspecified atom stereocenters. The van der Waals surface area contributed by atoms with Crippen LogP contribution in [0.4, 0.5) is 23.1 Å². The predicted octanol–water partition coefficient (Wildman–Crippen LogP) is 2.65. The third kappa shape index (κ3) is 4.67. The fourth-order valence-electron chi connectivity index (χ4n) is 2.12. The molecule has 0 spiro atoms. The van der Waals surface area contributed by atoms with Crippen LogP contribution in [0.1, 0.15) is 5.56 Å². The second-order valence-corrected chi connectivity index (χ2v) is 6.22. The molecule has 0 aliphatic heterocycles. The van der Waals surface area contributed by atoms with Gasteiger partial charge in [0.1, 0.15) is 17.8 Å². The van der Waals surface area contributed by atoms with Gasteiger partial charge in [-0.2, -0.15) is 0 Å². The number of aromatic nitrogens is 3. The van der Waals surface area contributed by atoms with Crippen molar-refractivity contribution in [3.8, 4) is 0 Å². The van der Waals surface area contributed by atoms with Gasteiger partial charge in [0.25, 0.3) is 0 Å². The van der Waals surface area contributed by atoms with E-state index >= 15 is 0 Å². The van der Waals surface area contributed by atoms with Gasteiger partial charge in [-0.1, -0.05) is 30.3 Å². The third-order valence-electron chi connectivity index (χ3n) is 3.39. The molecule has 0 radical (unpaired) electrons. The van der Waals surface area contributed by atoms with Crippen LogP contribution in [-0.2, 0) is 11.2 Å². The number of rotatable bonds is 6. The molecule has 2 heterocycles. The van der Waals surface area contributed by atoms with Crippen molar-refractivity contribution < 1.29 is 4.79 Å². The van der Waals surface area contributed by atoms with E-state index in [0.717, 1.165) is 10.0 Å². The van der Waals surface area contributed by atoms with Crippen LogP contribution in [0.15, 0.2) is 59.5 Å². The number of carbonyl (C=O) groups excluding carboxylic acids is 1. The lowest BCUT2D eigenvalue weighted by Crippen LogP contribution is -2.31. The van der Waals surface area contributed by atoms with Crippen LogP contribution in [0.25, 0.3) is 0 Å². The van der Waals surface area contributed by atoms with Crippen LogP contribution in [0.2, 0.25) is 0 Å². The van der Waals surface area contributed by atoms with E-state index in [1.54, 1.807) is 12.3 Å². The summed E-state index contributed by atoms with van der Waals surface area (Å²) in [5, 5.41) is 3.01. The molecule has 0 saturated carbocycles. The predicted molar refractivity (Wildman–Crippen MR) is 104 cm³/mol. The molecule has 9 heteroatoms. The van der Waals surface area contributed by atoms with E-state index in [1.807, 2.05) is 36.4 Å². The molecule has 3 rings (SSSR count). The van der Waals surface area contributed by atoms with Gasteiger partial charge in [-0.15, -0.1) is 0 Å². The first-order valence-corrected chi connectivity index (χ1v) is 8.49. The number of carbonyl (C=O) groups is 1. The largest absolute Gasteiger partial charge is 0.393 e. The van der Waals surface area contributed by atoms with Crippen LogP contribution < -0.4 is 21.9 Å². The van der Waals surface area contributed by atoms with Gasteiger partial charge in [-0.05, 0) is 33.6 Å². The number of nitrogen functional groups attached to an aromatic ring is 1. The summed E-state index contributed by atoms with van der Waals surface area (Å²) in [6.07, 6.45) is 3.23. The maximum Gasteiger partial charge on any atom is 0.242 e. The SMILES string of the molecule is Nc1c(NNC(=O)Cc2ccccc2)ncnc1Nc1ccc(Br)cn1. The lowest BCUT2D eigenvalue weighted by atomic mass is 10.1. The van der Waals surface area contributed by atoms with Crippen molar-refractivity contribution in [2.75, 3.05) is 16.5 Å². The number of nitrogens with two attached hydrogens (primary N) is 1. The Morgan fingerprint density at radius 2 is 1.81 bits per heavy atom. The molecule has 2 aromatic heterocycles. The normalized spacial score (nSPS) is 10.2. The fourth-order valence-corrected chi connectivity index (χ4v) is 2.35. The number of nitrogens with zero attached hydrogens (tertiary/aromatic N) is 3. The second kappa shape index (κ2) is 8.26.